The van der Waals surface area contributed by atoms with E-state index in [2.05, 4.69) is 5.32 Å². The molecule has 120 valence electrons. The molecule has 9 nitrogen and oxygen atoms in total. The number of nitrogens with two attached hydrogens (primary N) is 2. The van der Waals surface area contributed by atoms with Crippen molar-refractivity contribution in [2.45, 2.75) is 20.3 Å². The molecular formula is C12H22N4O5. The second-order valence-corrected chi connectivity index (χ2v) is 5.14. The second kappa shape index (κ2) is 8.77. The Labute approximate surface area is 122 Å². The fourth-order valence-electron chi connectivity index (χ4n) is 1.74. The smallest absolute Gasteiger partial charge is 0.318 e. The van der Waals surface area contributed by atoms with Gasteiger partial charge in [0.2, 0.25) is 11.8 Å². The van der Waals surface area contributed by atoms with Crippen LogP contribution >= 0.6 is 0 Å². The molecule has 0 bridgehead atoms. The summed E-state index contributed by atoms with van der Waals surface area (Å²) in [6.45, 7) is 2.67. The lowest BCUT2D eigenvalue weighted by Crippen LogP contribution is -2.49. The van der Waals surface area contributed by atoms with Gasteiger partial charge in [0.05, 0.1) is 5.92 Å². The molecule has 0 aliphatic rings. The predicted molar refractivity (Wildman–Crippen MR) is 73.9 cm³/mol. The van der Waals surface area contributed by atoms with E-state index < -0.39 is 42.8 Å². The van der Waals surface area contributed by atoms with E-state index in [1.165, 1.54) is 0 Å². The van der Waals surface area contributed by atoms with Crippen LogP contribution in [0.2, 0.25) is 0 Å². The number of carboxylic acids is 1. The van der Waals surface area contributed by atoms with Gasteiger partial charge in [-0.1, -0.05) is 13.8 Å². The third-order valence-corrected chi connectivity index (χ3v) is 2.59. The van der Waals surface area contributed by atoms with Crippen molar-refractivity contribution in [3.63, 3.8) is 0 Å². The average Bonchev–Trinajstić information content (AvgIpc) is 2.31. The third-order valence-electron chi connectivity index (χ3n) is 2.59. The molecule has 9 heteroatoms. The van der Waals surface area contributed by atoms with Crippen LogP contribution in [0.15, 0.2) is 0 Å². The average molecular weight is 302 g/mol. The normalized spacial score (nSPS) is 11.8. The zero-order valence-electron chi connectivity index (χ0n) is 12.2. The highest BCUT2D eigenvalue weighted by molar-refractivity contribution is 5.87. The Balaban J connectivity index is 4.61. The molecule has 0 aromatic rings. The van der Waals surface area contributed by atoms with Crippen LogP contribution in [0.5, 0.6) is 0 Å². The van der Waals surface area contributed by atoms with E-state index in [9.17, 15) is 19.2 Å². The van der Waals surface area contributed by atoms with Crippen LogP contribution in [0.3, 0.4) is 0 Å². The largest absolute Gasteiger partial charge is 0.481 e. The molecule has 6 N–H and O–H groups in total. The van der Waals surface area contributed by atoms with Gasteiger partial charge in [0.25, 0.3) is 0 Å². The lowest BCUT2D eigenvalue weighted by Gasteiger charge is -2.22. The number of carbonyl (C=O) groups is 4. The summed E-state index contributed by atoms with van der Waals surface area (Å²) < 4.78 is 0. The summed E-state index contributed by atoms with van der Waals surface area (Å²) in [5.41, 5.74) is 9.94. The summed E-state index contributed by atoms with van der Waals surface area (Å²) in [5, 5.41) is 11.4. The molecule has 0 saturated carbocycles. The van der Waals surface area contributed by atoms with Crippen molar-refractivity contribution in [3.8, 4) is 0 Å². The summed E-state index contributed by atoms with van der Waals surface area (Å²) in [5.74, 6) is -3.24. The van der Waals surface area contributed by atoms with E-state index >= 15 is 0 Å². The van der Waals surface area contributed by atoms with Gasteiger partial charge in [-0.3, -0.25) is 14.4 Å². The summed E-state index contributed by atoms with van der Waals surface area (Å²) in [7, 11) is 0. The first-order valence-electron chi connectivity index (χ1n) is 6.45. The number of nitrogens with one attached hydrogen (secondary N) is 1. The minimum absolute atomic E-state index is 0.111. The quantitative estimate of drug-likeness (QED) is 0.417. The minimum atomic E-state index is -1.03. The van der Waals surface area contributed by atoms with Crippen LogP contribution in [0.4, 0.5) is 4.79 Å². The fourth-order valence-corrected chi connectivity index (χ4v) is 1.74. The Kier molecular flexibility index (Phi) is 7.80. The van der Waals surface area contributed by atoms with E-state index in [0.29, 0.717) is 6.42 Å². The zero-order valence-corrected chi connectivity index (χ0v) is 12.2. The van der Waals surface area contributed by atoms with Crippen molar-refractivity contribution in [2.24, 2.45) is 23.3 Å². The molecule has 0 aliphatic heterocycles. The van der Waals surface area contributed by atoms with E-state index in [0.717, 1.165) is 4.90 Å². The maximum atomic E-state index is 11.8. The van der Waals surface area contributed by atoms with Crippen molar-refractivity contribution in [1.82, 2.24) is 10.2 Å². The van der Waals surface area contributed by atoms with Crippen LogP contribution in [0.25, 0.3) is 0 Å². The van der Waals surface area contributed by atoms with Gasteiger partial charge in [0.1, 0.15) is 13.1 Å². The highest BCUT2D eigenvalue weighted by Gasteiger charge is 2.22. The number of nitrogens with zero attached hydrogens (tertiary/aromatic N) is 1. The minimum Gasteiger partial charge on any atom is -0.481 e. The number of rotatable bonds is 9. The Hall–Kier alpha value is -2.32. The number of hydrogen-bond donors (Lipinski definition) is 4. The van der Waals surface area contributed by atoms with E-state index in [4.69, 9.17) is 16.6 Å². The predicted octanol–water partition coefficient (Wildman–Crippen LogP) is -1.28. The number of urea groups is 1. The lowest BCUT2D eigenvalue weighted by atomic mass is 9.97. The summed E-state index contributed by atoms with van der Waals surface area (Å²) >= 11 is 0. The molecule has 0 saturated heterocycles. The first-order valence-corrected chi connectivity index (χ1v) is 6.45. The first-order chi connectivity index (χ1) is 9.63. The molecule has 21 heavy (non-hydrogen) atoms. The van der Waals surface area contributed by atoms with Gasteiger partial charge >= 0.3 is 12.0 Å². The number of primary amides is 2. The number of carboxylic acid groups (broad SMARTS) is 1. The van der Waals surface area contributed by atoms with Crippen molar-refractivity contribution >= 4 is 23.8 Å². The Morgan fingerprint density at radius 2 is 1.57 bits per heavy atom. The monoisotopic (exact) mass is 302 g/mol. The van der Waals surface area contributed by atoms with Crippen molar-refractivity contribution < 1.29 is 24.3 Å². The number of hydrogen-bond acceptors (Lipinski definition) is 4. The highest BCUT2D eigenvalue weighted by atomic mass is 16.4. The van der Waals surface area contributed by atoms with E-state index in [1.54, 1.807) is 0 Å². The van der Waals surface area contributed by atoms with Crippen LogP contribution in [-0.4, -0.2) is 53.5 Å². The Bertz CT molecular complexity index is 394. The van der Waals surface area contributed by atoms with Gasteiger partial charge in [-0.2, -0.15) is 0 Å². The molecule has 4 amide bonds. The molecule has 0 spiro atoms. The number of aliphatic carboxylic acids is 1. The molecule has 0 heterocycles. The van der Waals surface area contributed by atoms with E-state index in [-0.39, 0.29) is 12.5 Å². The second-order valence-electron chi connectivity index (χ2n) is 5.14. The van der Waals surface area contributed by atoms with Crippen molar-refractivity contribution in [3.05, 3.63) is 0 Å². The van der Waals surface area contributed by atoms with Crippen LogP contribution < -0.4 is 16.8 Å². The molecule has 1 unspecified atom stereocenters. The van der Waals surface area contributed by atoms with Crippen molar-refractivity contribution in [2.75, 3.05) is 19.6 Å². The van der Waals surface area contributed by atoms with E-state index in [1.807, 2.05) is 13.8 Å². The Morgan fingerprint density at radius 1 is 1.10 bits per heavy atom. The van der Waals surface area contributed by atoms with Gasteiger partial charge in [-0.15, -0.1) is 0 Å². The SMILES string of the molecule is CC(C)CC(CNC(=O)N(CC(N)=O)CC(N)=O)C(=O)O. The molecule has 0 aliphatic carbocycles. The summed E-state index contributed by atoms with van der Waals surface area (Å²) in [6.07, 6.45) is 0.390. The Morgan fingerprint density at radius 3 is 1.90 bits per heavy atom. The van der Waals surface area contributed by atoms with Crippen LogP contribution in [0.1, 0.15) is 20.3 Å². The maximum Gasteiger partial charge on any atom is 0.318 e. The molecule has 0 aromatic heterocycles. The zero-order chi connectivity index (χ0) is 16.6. The first kappa shape index (κ1) is 18.7. The topological polar surface area (TPSA) is 156 Å². The highest BCUT2D eigenvalue weighted by Crippen LogP contribution is 2.11. The molecule has 0 aromatic carbocycles. The number of amides is 4. The third kappa shape index (κ3) is 8.45. The van der Waals surface area contributed by atoms with Gasteiger partial charge in [0.15, 0.2) is 0 Å². The van der Waals surface area contributed by atoms with Gasteiger partial charge in [0, 0.05) is 6.54 Å². The summed E-state index contributed by atoms with van der Waals surface area (Å²) in [4.78, 5) is 45.4. The van der Waals surface area contributed by atoms with Gasteiger partial charge in [-0.25, -0.2) is 4.79 Å². The molecule has 0 rings (SSSR count). The van der Waals surface area contributed by atoms with Crippen LogP contribution in [0, 0.1) is 11.8 Å². The lowest BCUT2D eigenvalue weighted by molar-refractivity contribution is -0.142. The standard InChI is InChI=1S/C12H22N4O5/c1-7(2)3-8(11(19)20)4-15-12(21)16(5-9(13)17)6-10(14)18/h7-8H,3-6H2,1-2H3,(H2,13,17)(H2,14,18)(H,15,21)(H,19,20). The number of carbonyl (C=O) groups excluding carboxylic acids is 3. The maximum absolute atomic E-state index is 11.8. The molecule has 0 fully saturated rings. The molecular weight excluding hydrogens is 280 g/mol. The van der Waals surface area contributed by atoms with Crippen molar-refractivity contribution in [1.29, 1.82) is 0 Å². The molecule has 0 radical (unpaired) electrons. The van der Waals surface area contributed by atoms with Gasteiger partial charge in [-0.05, 0) is 12.3 Å². The molecule has 1 atom stereocenters. The fraction of sp³-hybridized carbons (Fsp3) is 0.667. The van der Waals surface area contributed by atoms with Crippen LogP contribution in [-0.2, 0) is 14.4 Å². The van der Waals surface area contributed by atoms with Gasteiger partial charge < -0.3 is 26.8 Å². The summed E-state index contributed by atoms with van der Waals surface area (Å²) in [6, 6.07) is -0.761.